The van der Waals surface area contributed by atoms with Crippen molar-refractivity contribution in [2.24, 2.45) is 0 Å². The number of aromatic nitrogens is 2. The number of halogens is 1. The van der Waals surface area contributed by atoms with Crippen LogP contribution in [-0.4, -0.2) is 32.9 Å². The van der Waals surface area contributed by atoms with Crippen LogP contribution in [0.25, 0.3) is 11.4 Å². The number of carbonyl (C=O) groups excluding carboxylic acids is 1. The van der Waals surface area contributed by atoms with E-state index in [-0.39, 0.29) is 28.7 Å². The number of amides is 1. The molecule has 1 aromatic heterocycles. The van der Waals surface area contributed by atoms with Crippen molar-refractivity contribution in [3.8, 4) is 11.4 Å². The molecule has 0 saturated heterocycles. The summed E-state index contributed by atoms with van der Waals surface area (Å²) in [5.74, 6) is 0.275. The number of nitro benzene ring substituents is 1. The van der Waals surface area contributed by atoms with Gasteiger partial charge in [0, 0.05) is 24.7 Å². The maximum atomic E-state index is 12.5. The van der Waals surface area contributed by atoms with Crippen molar-refractivity contribution in [2.75, 3.05) is 7.05 Å². The van der Waals surface area contributed by atoms with E-state index in [2.05, 4.69) is 10.1 Å². The fourth-order valence-electron chi connectivity index (χ4n) is 2.29. The summed E-state index contributed by atoms with van der Waals surface area (Å²) in [5.41, 5.74) is 0.774. The second-order valence-corrected chi connectivity index (χ2v) is 5.87. The number of nitrogens with zero attached hydrogens (tertiary/aromatic N) is 4. The molecule has 0 saturated carbocycles. The van der Waals surface area contributed by atoms with Gasteiger partial charge < -0.3 is 9.42 Å². The van der Waals surface area contributed by atoms with Crippen molar-refractivity contribution in [3.63, 3.8) is 0 Å². The summed E-state index contributed by atoms with van der Waals surface area (Å²) in [7, 11) is 1.55. The molecule has 8 nitrogen and oxygen atoms in total. The van der Waals surface area contributed by atoms with Crippen molar-refractivity contribution in [2.45, 2.75) is 6.54 Å². The van der Waals surface area contributed by atoms with Crippen LogP contribution in [0.2, 0.25) is 5.02 Å². The normalized spacial score (nSPS) is 10.5. The number of rotatable bonds is 5. The average Bonchev–Trinajstić information content (AvgIpc) is 3.10. The third-order valence-electron chi connectivity index (χ3n) is 3.61. The highest BCUT2D eigenvalue weighted by Gasteiger charge is 2.20. The lowest BCUT2D eigenvalue weighted by Crippen LogP contribution is -2.26. The van der Waals surface area contributed by atoms with Gasteiger partial charge in [-0.15, -0.1) is 0 Å². The zero-order valence-electron chi connectivity index (χ0n) is 13.6. The van der Waals surface area contributed by atoms with Gasteiger partial charge in [-0.25, -0.2) is 0 Å². The van der Waals surface area contributed by atoms with Gasteiger partial charge in [-0.2, -0.15) is 4.98 Å². The Kier molecular flexibility index (Phi) is 4.94. The van der Waals surface area contributed by atoms with Crippen LogP contribution in [0, 0.1) is 10.1 Å². The van der Waals surface area contributed by atoms with Crippen LogP contribution in [0.4, 0.5) is 5.69 Å². The molecule has 26 heavy (non-hydrogen) atoms. The van der Waals surface area contributed by atoms with E-state index >= 15 is 0 Å². The molecule has 0 spiro atoms. The third kappa shape index (κ3) is 3.70. The molecular formula is C17H13ClN4O4. The smallest absolute Gasteiger partial charge is 0.270 e. The second-order valence-electron chi connectivity index (χ2n) is 5.46. The Morgan fingerprint density at radius 3 is 2.65 bits per heavy atom. The average molecular weight is 373 g/mol. The first kappa shape index (κ1) is 17.6. The van der Waals surface area contributed by atoms with E-state index < -0.39 is 10.8 Å². The van der Waals surface area contributed by atoms with Crippen molar-refractivity contribution in [3.05, 3.63) is 75.1 Å². The molecular weight excluding hydrogens is 360 g/mol. The lowest BCUT2D eigenvalue weighted by Gasteiger charge is -2.15. The maximum Gasteiger partial charge on any atom is 0.270 e. The lowest BCUT2D eigenvalue weighted by atomic mass is 10.2. The highest BCUT2D eigenvalue weighted by Crippen LogP contribution is 2.24. The van der Waals surface area contributed by atoms with E-state index in [1.54, 1.807) is 7.05 Å². The molecule has 0 fully saturated rings. The van der Waals surface area contributed by atoms with Gasteiger partial charge in [0.25, 0.3) is 11.6 Å². The summed E-state index contributed by atoms with van der Waals surface area (Å²) in [6.07, 6.45) is 0. The summed E-state index contributed by atoms with van der Waals surface area (Å²) in [6.45, 7) is 0.0754. The fraction of sp³-hybridized carbons (Fsp3) is 0.118. The number of non-ortho nitro benzene ring substituents is 1. The SMILES string of the molecule is CN(Cc1nc(-c2ccccc2)no1)C(=O)c1ccc([N+](=O)[O-])cc1Cl. The molecule has 0 aliphatic rings. The predicted octanol–water partition coefficient (Wildman–Crippen LogP) is 3.57. The van der Waals surface area contributed by atoms with Crippen molar-refractivity contribution < 1.29 is 14.2 Å². The predicted molar refractivity (Wildman–Crippen MR) is 93.6 cm³/mol. The molecule has 3 rings (SSSR count). The minimum absolute atomic E-state index is 0.00607. The Morgan fingerprint density at radius 1 is 1.27 bits per heavy atom. The van der Waals surface area contributed by atoms with Crippen LogP contribution in [0.15, 0.2) is 53.1 Å². The van der Waals surface area contributed by atoms with Crippen LogP contribution in [0.5, 0.6) is 0 Å². The molecule has 1 amide bonds. The van der Waals surface area contributed by atoms with Gasteiger partial charge in [-0.3, -0.25) is 14.9 Å². The molecule has 132 valence electrons. The highest BCUT2D eigenvalue weighted by molar-refractivity contribution is 6.34. The summed E-state index contributed by atoms with van der Waals surface area (Å²) < 4.78 is 5.18. The zero-order valence-corrected chi connectivity index (χ0v) is 14.4. The minimum Gasteiger partial charge on any atom is -0.337 e. The molecule has 9 heteroatoms. The van der Waals surface area contributed by atoms with Gasteiger partial charge in [0.2, 0.25) is 11.7 Å². The number of hydrogen-bond donors (Lipinski definition) is 0. The Balaban J connectivity index is 1.74. The number of nitro groups is 1. The van der Waals surface area contributed by atoms with Gasteiger partial charge in [0.15, 0.2) is 0 Å². The quantitative estimate of drug-likeness (QED) is 0.501. The van der Waals surface area contributed by atoms with Crippen molar-refractivity contribution in [1.29, 1.82) is 0 Å². The van der Waals surface area contributed by atoms with E-state index in [1.165, 1.54) is 17.0 Å². The molecule has 0 N–H and O–H groups in total. The largest absolute Gasteiger partial charge is 0.337 e. The molecule has 2 aromatic carbocycles. The van der Waals surface area contributed by atoms with E-state index in [0.29, 0.717) is 5.82 Å². The first-order valence-electron chi connectivity index (χ1n) is 7.53. The van der Waals surface area contributed by atoms with Crippen LogP contribution in [0.1, 0.15) is 16.2 Å². The number of benzene rings is 2. The Morgan fingerprint density at radius 2 is 2.00 bits per heavy atom. The van der Waals surface area contributed by atoms with Crippen molar-refractivity contribution in [1.82, 2.24) is 15.0 Å². The number of hydrogen-bond acceptors (Lipinski definition) is 6. The Hall–Kier alpha value is -3.26. The van der Waals surface area contributed by atoms with Crippen LogP contribution >= 0.6 is 11.6 Å². The minimum atomic E-state index is -0.576. The summed E-state index contributed by atoms with van der Waals surface area (Å²) in [5, 5.41) is 14.7. The molecule has 0 aliphatic heterocycles. The highest BCUT2D eigenvalue weighted by atomic mass is 35.5. The Bertz CT molecular complexity index is 958. The third-order valence-corrected chi connectivity index (χ3v) is 3.93. The number of carbonyl (C=O) groups is 1. The molecule has 0 aliphatic carbocycles. The standard InChI is InChI=1S/C17H13ClN4O4/c1-21(17(23)13-8-7-12(22(24)25)9-14(13)18)10-15-19-16(20-26-15)11-5-3-2-4-6-11/h2-9H,10H2,1H3. The van der Waals surface area contributed by atoms with Crippen LogP contribution < -0.4 is 0 Å². The second kappa shape index (κ2) is 7.32. The summed E-state index contributed by atoms with van der Waals surface area (Å²) in [6, 6.07) is 13.0. The molecule has 0 unspecified atom stereocenters. The van der Waals surface area contributed by atoms with Crippen molar-refractivity contribution >= 4 is 23.2 Å². The van der Waals surface area contributed by atoms with Gasteiger partial charge in [-0.1, -0.05) is 47.1 Å². The van der Waals surface area contributed by atoms with E-state index in [4.69, 9.17) is 16.1 Å². The van der Waals surface area contributed by atoms with Gasteiger partial charge in [-0.05, 0) is 6.07 Å². The van der Waals surface area contributed by atoms with Gasteiger partial charge in [0.1, 0.15) is 0 Å². The molecule has 0 atom stereocenters. The molecule has 0 bridgehead atoms. The van der Waals surface area contributed by atoms with E-state index in [1.807, 2.05) is 30.3 Å². The first-order valence-corrected chi connectivity index (χ1v) is 7.91. The van der Waals surface area contributed by atoms with Gasteiger partial charge in [0.05, 0.1) is 22.1 Å². The zero-order chi connectivity index (χ0) is 18.7. The van der Waals surface area contributed by atoms with E-state index in [9.17, 15) is 14.9 Å². The van der Waals surface area contributed by atoms with Crippen LogP contribution in [-0.2, 0) is 6.54 Å². The topological polar surface area (TPSA) is 102 Å². The van der Waals surface area contributed by atoms with Crippen LogP contribution in [0.3, 0.4) is 0 Å². The van der Waals surface area contributed by atoms with E-state index in [0.717, 1.165) is 11.6 Å². The fourth-order valence-corrected chi connectivity index (χ4v) is 2.55. The Labute approximate surface area is 153 Å². The maximum absolute atomic E-state index is 12.5. The molecule has 3 aromatic rings. The summed E-state index contributed by atoms with van der Waals surface area (Å²) in [4.78, 5) is 28.3. The lowest BCUT2D eigenvalue weighted by molar-refractivity contribution is -0.384. The first-order chi connectivity index (χ1) is 12.5. The molecule has 0 radical (unpaired) electrons. The molecule has 1 heterocycles. The van der Waals surface area contributed by atoms with Gasteiger partial charge >= 0.3 is 0 Å². The summed E-state index contributed by atoms with van der Waals surface area (Å²) >= 11 is 6.00. The monoisotopic (exact) mass is 372 g/mol.